The highest BCUT2D eigenvalue weighted by molar-refractivity contribution is 7.91. The smallest absolute Gasteiger partial charge is 0.152 e. The molecule has 0 amide bonds. The van der Waals surface area contributed by atoms with E-state index in [-0.39, 0.29) is 11.8 Å². The van der Waals surface area contributed by atoms with Crippen molar-refractivity contribution < 1.29 is 8.42 Å². The van der Waals surface area contributed by atoms with Gasteiger partial charge >= 0.3 is 0 Å². The molecule has 0 aliphatic carbocycles. The lowest BCUT2D eigenvalue weighted by Gasteiger charge is -2.27. The van der Waals surface area contributed by atoms with Crippen molar-refractivity contribution in [3.8, 4) is 0 Å². The number of sulfone groups is 1. The molecule has 0 spiro atoms. The van der Waals surface area contributed by atoms with Crippen molar-refractivity contribution in [3.63, 3.8) is 0 Å². The zero-order valence-electron chi connectivity index (χ0n) is 10.1. The Morgan fingerprint density at radius 3 is 2.76 bits per heavy atom. The second-order valence-electron chi connectivity index (χ2n) is 4.79. The van der Waals surface area contributed by atoms with E-state index in [9.17, 15) is 8.42 Å². The van der Waals surface area contributed by atoms with Gasteiger partial charge in [0.05, 0.1) is 11.5 Å². The summed E-state index contributed by atoms with van der Waals surface area (Å²) in [6.07, 6.45) is 1.61. The second kappa shape index (κ2) is 5.19. The van der Waals surface area contributed by atoms with Crippen LogP contribution in [0.15, 0.2) is 24.3 Å². The maximum atomic E-state index is 11.9. The highest BCUT2D eigenvalue weighted by Crippen LogP contribution is 2.10. The molecule has 1 aliphatic heterocycles. The van der Waals surface area contributed by atoms with E-state index < -0.39 is 9.84 Å². The van der Waals surface area contributed by atoms with Crippen LogP contribution in [0.1, 0.15) is 17.5 Å². The number of aryl methyl sites for hydroxylation is 2. The molecule has 0 bridgehead atoms. The molecule has 1 unspecified atom stereocenters. The molecule has 3 nitrogen and oxygen atoms in total. The summed E-state index contributed by atoms with van der Waals surface area (Å²) in [5.74, 6) is 0.549. The van der Waals surface area contributed by atoms with Gasteiger partial charge in [-0.25, -0.2) is 8.42 Å². The number of hydrogen-bond acceptors (Lipinski definition) is 3. The standard InChI is InChI=1S/C13H19NO2S/c1-11-3-2-4-12(9-11)6-8-17(15,16)10-13-5-7-14-13/h2-4,9,13-14H,5-8,10H2,1H3. The summed E-state index contributed by atoms with van der Waals surface area (Å²) in [6.45, 7) is 2.98. The summed E-state index contributed by atoms with van der Waals surface area (Å²) >= 11 is 0. The van der Waals surface area contributed by atoms with Gasteiger partial charge in [-0.15, -0.1) is 0 Å². The molecule has 2 rings (SSSR count). The molecule has 4 heteroatoms. The normalized spacial score (nSPS) is 19.9. The number of rotatable bonds is 5. The molecule has 1 saturated heterocycles. The van der Waals surface area contributed by atoms with Gasteiger partial charge in [0, 0.05) is 6.04 Å². The fraction of sp³-hybridized carbons (Fsp3) is 0.538. The molecule has 0 radical (unpaired) electrons. The third kappa shape index (κ3) is 3.82. The van der Waals surface area contributed by atoms with Gasteiger partial charge in [-0.2, -0.15) is 0 Å². The second-order valence-corrected chi connectivity index (χ2v) is 7.02. The Kier molecular flexibility index (Phi) is 3.84. The van der Waals surface area contributed by atoms with Crippen LogP contribution in [-0.2, 0) is 16.3 Å². The van der Waals surface area contributed by atoms with Crippen molar-refractivity contribution in [2.75, 3.05) is 18.1 Å². The zero-order chi connectivity index (χ0) is 12.3. The molecule has 1 aromatic carbocycles. The number of benzene rings is 1. The first-order valence-corrected chi connectivity index (χ1v) is 7.87. The van der Waals surface area contributed by atoms with Crippen molar-refractivity contribution in [2.45, 2.75) is 25.8 Å². The minimum Gasteiger partial charge on any atom is -0.313 e. The predicted molar refractivity (Wildman–Crippen MR) is 69.9 cm³/mol. The van der Waals surface area contributed by atoms with E-state index in [1.54, 1.807) is 0 Å². The van der Waals surface area contributed by atoms with Crippen LogP contribution in [0, 0.1) is 6.92 Å². The molecular weight excluding hydrogens is 234 g/mol. The van der Waals surface area contributed by atoms with Gasteiger partial charge in [0.25, 0.3) is 0 Å². The molecule has 1 N–H and O–H groups in total. The van der Waals surface area contributed by atoms with E-state index in [1.165, 1.54) is 5.56 Å². The van der Waals surface area contributed by atoms with Crippen LogP contribution in [0.4, 0.5) is 0 Å². The molecule has 0 saturated carbocycles. The van der Waals surface area contributed by atoms with Crippen molar-refractivity contribution >= 4 is 9.84 Å². The first-order valence-electron chi connectivity index (χ1n) is 6.04. The van der Waals surface area contributed by atoms with Gasteiger partial charge in [-0.1, -0.05) is 29.8 Å². The average molecular weight is 253 g/mol. The fourth-order valence-corrected chi connectivity index (χ4v) is 3.63. The Balaban J connectivity index is 1.88. The third-order valence-corrected chi connectivity index (χ3v) is 4.90. The predicted octanol–water partition coefficient (Wildman–Crippen LogP) is 1.31. The zero-order valence-corrected chi connectivity index (χ0v) is 11.0. The monoisotopic (exact) mass is 253 g/mol. The minimum absolute atomic E-state index is 0.192. The Labute approximate surface area is 103 Å². The molecule has 1 heterocycles. The van der Waals surface area contributed by atoms with E-state index in [1.807, 2.05) is 25.1 Å². The van der Waals surface area contributed by atoms with Crippen molar-refractivity contribution in [1.82, 2.24) is 5.32 Å². The molecule has 94 valence electrons. The summed E-state index contributed by atoms with van der Waals surface area (Å²) in [7, 11) is -2.92. The van der Waals surface area contributed by atoms with E-state index in [2.05, 4.69) is 11.4 Å². The van der Waals surface area contributed by atoms with Gasteiger partial charge in [0.15, 0.2) is 9.84 Å². The maximum Gasteiger partial charge on any atom is 0.152 e. The minimum atomic E-state index is -2.92. The van der Waals surface area contributed by atoms with Crippen LogP contribution < -0.4 is 5.32 Å². The van der Waals surface area contributed by atoms with E-state index >= 15 is 0 Å². The summed E-state index contributed by atoms with van der Waals surface area (Å²) in [5, 5.41) is 3.13. The number of hydrogen-bond donors (Lipinski definition) is 1. The highest BCUT2D eigenvalue weighted by Gasteiger charge is 2.23. The molecule has 1 aliphatic rings. The first kappa shape index (κ1) is 12.6. The van der Waals surface area contributed by atoms with Crippen LogP contribution in [-0.4, -0.2) is 32.5 Å². The van der Waals surface area contributed by atoms with Gasteiger partial charge in [-0.05, 0) is 31.9 Å². The summed E-state index contributed by atoms with van der Waals surface area (Å²) in [4.78, 5) is 0. The third-order valence-electron chi connectivity index (χ3n) is 3.17. The summed E-state index contributed by atoms with van der Waals surface area (Å²) in [5.41, 5.74) is 2.29. The van der Waals surface area contributed by atoms with Crippen LogP contribution in [0.5, 0.6) is 0 Å². The summed E-state index contributed by atoms with van der Waals surface area (Å²) < 4.78 is 23.7. The Morgan fingerprint density at radius 2 is 2.18 bits per heavy atom. The largest absolute Gasteiger partial charge is 0.313 e. The van der Waals surface area contributed by atoms with Crippen molar-refractivity contribution in [3.05, 3.63) is 35.4 Å². The Hall–Kier alpha value is -0.870. The number of nitrogens with one attached hydrogen (secondary N) is 1. The van der Waals surface area contributed by atoms with Gasteiger partial charge in [0.2, 0.25) is 0 Å². The molecule has 1 fully saturated rings. The van der Waals surface area contributed by atoms with Crippen molar-refractivity contribution in [2.24, 2.45) is 0 Å². The van der Waals surface area contributed by atoms with E-state index in [4.69, 9.17) is 0 Å². The maximum absolute atomic E-state index is 11.9. The van der Waals surface area contributed by atoms with Gasteiger partial charge < -0.3 is 5.32 Å². The first-order chi connectivity index (χ1) is 8.05. The highest BCUT2D eigenvalue weighted by atomic mass is 32.2. The molecule has 17 heavy (non-hydrogen) atoms. The van der Waals surface area contributed by atoms with Crippen LogP contribution in [0.2, 0.25) is 0 Å². The fourth-order valence-electron chi connectivity index (χ4n) is 2.02. The molecule has 1 atom stereocenters. The lowest BCUT2D eigenvalue weighted by atomic mass is 10.1. The SMILES string of the molecule is Cc1cccc(CCS(=O)(=O)CC2CCN2)c1. The Bertz CT molecular complexity index is 478. The van der Waals surface area contributed by atoms with E-state index in [0.29, 0.717) is 12.2 Å². The lowest BCUT2D eigenvalue weighted by molar-refractivity contribution is 0.399. The molecule has 0 aromatic heterocycles. The van der Waals surface area contributed by atoms with E-state index in [0.717, 1.165) is 18.5 Å². The van der Waals surface area contributed by atoms with Crippen LogP contribution >= 0.6 is 0 Å². The van der Waals surface area contributed by atoms with Crippen LogP contribution in [0.3, 0.4) is 0 Å². The summed E-state index contributed by atoms with van der Waals surface area (Å²) in [6, 6.07) is 8.24. The lowest BCUT2D eigenvalue weighted by Crippen LogP contribution is -2.47. The van der Waals surface area contributed by atoms with Gasteiger partial charge in [-0.3, -0.25) is 0 Å². The quantitative estimate of drug-likeness (QED) is 0.860. The molecular formula is C13H19NO2S. The Morgan fingerprint density at radius 1 is 1.41 bits per heavy atom. The topological polar surface area (TPSA) is 46.2 Å². The molecule has 1 aromatic rings. The average Bonchev–Trinajstić information content (AvgIpc) is 2.22. The van der Waals surface area contributed by atoms with Crippen LogP contribution in [0.25, 0.3) is 0 Å². The van der Waals surface area contributed by atoms with Gasteiger partial charge in [0.1, 0.15) is 0 Å². The van der Waals surface area contributed by atoms with Crippen molar-refractivity contribution in [1.29, 1.82) is 0 Å².